The largest absolute Gasteiger partial charge is 0.495 e. The first-order valence-electron chi connectivity index (χ1n) is 5.59. The third-order valence-corrected chi connectivity index (χ3v) is 3.40. The molecule has 0 unspecified atom stereocenters. The Labute approximate surface area is 117 Å². The molecule has 7 heteroatoms. The van der Waals surface area contributed by atoms with Gasteiger partial charge in [-0.15, -0.1) is 0 Å². The minimum Gasteiger partial charge on any atom is -0.495 e. The number of ether oxygens (including phenoxy) is 3. The van der Waals surface area contributed by atoms with Crippen LogP contribution in [-0.4, -0.2) is 25.5 Å². The molecule has 0 spiro atoms. The minimum atomic E-state index is 0.202. The van der Waals surface area contributed by atoms with E-state index < -0.39 is 0 Å². The molecule has 0 atom stereocenters. The Morgan fingerprint density at radius 2 is 2.16 bits per heavy atom. The molecule has 1 aliphatic heterocycles. The Kier molecular flexibility index (Phi) is 2.98. The lowest BCUT2D eigenvalue weighted by Crippen LogP contribution is -2.16. The Balaban J connectivity index is 2.31. The van der Waals surface area contributed by atoms with Crippen molar-refractivity contribution in [3.63, 3.8) is 0 Å². The molecule has 1 aromatic carbocycles. The molecule has 0 radical (unpaired) electrons. The molecule has 19 heavy (non-hydrogen) atoms. The van der Waals surface area contributed by atoms with Crippen LogP contribution < -0.4 is 19.9 Å². The van der Waals surface area contributed by atoms with E-state index in [2.05, 4.69) is 21.1 Å². The van der Waals surface area contributed by atoms with E-state index in [0.717, 1.165) is 4.47 Å². The van der Waals surface area contributed by atoms with Gasteiger partial charge in [0, 0.05) is 6.07 Å². The first-order chi connectivity index (χ1) is 9.22. The molecule has 1 aromatic heterocycles. The standard InChI is InChI=1S/C12H11BrN2O4/c1-16-10-7(13)4-8-11(18-3-2-17-8)9(10)6-5-15-19-12(6)14/h4-5H,2-3,14H2,1H3. The van der Waals surface area contributed by atoms with Crippen molar-refractivity contribution in [3.8, 4) is 28.4 Å². The van der Waals surface area contributed by atoms with Crippen molar-refractivity contribution in [2.75, 3.05) is 26.1 Å². The van der Waals surface area contributed by atoms with Gasteiger partial charge in [0.15, 0.2) is 11.5 Å². The Morgan fingerprint density at radius 1 is 1.37 bits per heavy atom. The summed E-state index contributed by atoms with van der Waals surface area (Å²) in [6.45, 7) is 0.973. The molecule has 2 heterocycles. The fraction of sp³-hybridized carbons (Fsp3) is 0.250. The highest BCUT2D eigenvalue weighted by atomic mass is 79.9. The molecule has 3 rings (SSSR count). The fourth-order valence-electron chi connectivity index (χ4n) is 2.02. The van der Waals surface area contributed by atoms with E-state index in [1.807, 2.05) is 0 Å². The zero-order chi connectivity index (χ0) is 13.4. The molecule has 2 aromatic rings. The fourth-order valence-corrected chi connectivity index (χ4v) is 2.59. The molecule has 0 saturated heterocycles. The molecule has 6 nitrogen and oxygen atoms in total. The van der Waals surface area contributed by atoms with Gasteiger partial charge in [-0.2, -0.15) is 0 Å². The number of halogens is 1. The number of nitrogens with zero attached hydrogens (tertiary/aromatic N) is 1. The maximum atomic E-state index is 5.78. The lowest BCUT2D eigenvalue weighted by atomic mass is 10.1. The van der Waals surface area contributed by atoms with Crippen LogP contribution in [0, 0.1) is 0 Å². The number of aromatic nitrogens is 1. The number of anilines is 1. The van der Waals surface area contributed by atoms with Gasteiger partial charge in [0.1, 0.15) is 19.0 Å². The highest BCUT2D eigenvalue weighted by Gasteiger charge is 2.26. The van der Waals surface area contributed by atoms with Crippen molar-refractivity contribution in [1.29, 1.82) is 0 Å². The minimum absolute atomic E-state index is 0.202. The van der Waals surface area contributed by atoms with Crippen molar-refractivity contribution in [3.05, 3.63) is 16.7 Å². The third kappa shape index (κ3) is 1.90. The molecule has 1 aliphatic rings. The zero-order valence-electron chi connectivity index (χ0n) is 10.1. The number of methoxy groups -OCH3 is 1. The maximum absolute atomic E-state index is 5.78. The summed E-state index contributed by atoms with van der Waals surface area (Å²) in [6.07, 6.45) is 1.53. The molecule has 0 amide bonds. The van der Waals surface area contributed by atoms with Crippen LogP contribution in [0.15, 0.2) is 21.3 Å². The number of hydrogen-bond acceptors (Lipinski definition) is 6. The van der Waals surface area contributed by atoms with Crippen molar-refractivity contribution < 1.29 is 18.7 Å². The van der Waals surface area contributed by atoms with Crippen molar-refractivity contribution in [1.82, 2.24) is 5.16 Å². The summed E-state index contributed by atoms with van der Waals surface area (Å²) >= 11 is 3.44. The maximum Gasteiger partial charge on any atom is 0.230 e. The van der Waals surface area contributed by atoms with Gasteiger partial charge in [0.05, 0.1) is 28.9 Å². The Bertz CT molecular complexity index is 626. The number of benzene rings is 1. The number of fused-ring (bicyclic) bond motifs is 1. The predicted octanol–water partition coefficient (Wildman–Crippen LogP) is 2.47. The van der Waals surface area contributed by atoms with Crippen LogP contribution in [0.5, 0.6) is 17.2 Å². The highest BCUT2D eigenvalue weighted by molar-refractivity contribution is 9.10. The van der Waals surface area contributed by atoms with Gasteiger partial charge in [0.25, 0.3) is 0 Å². The zero-order valence-corrected chi connectivity index (χ0v) is 11.7. The second kappa shape index (κ2) is 4.65. The number of nitrogen functional groups attached to an aromatic ring is 1. The lowest BCUT2D eigenvalue weighted by molar-refractivity contribution is 0.171. The normalized spacial score (nSPS) is 13.4. The molecule has 0 saturated carbocycles. The van der Waals surface area contributed by atoms with Crippen molar-refractivity contribution >= 4 is 21.8 Å². The van der Waals surface area contributed by atoms with E-state index in [4.69, 9.17) is 24.5 Å². The van der Waals surface area contributed by atoms with E-state index in [1.165, 1.54) is 6.20 Å². The van der Waals surface area contributed by atoms with Gasteiger partial charge in [-0.25, -0.2) is 0 Å². The molecular formula is C12H11BrN2O4. The number of nitrogens with two attached hydrogens (primary N) is 1. The van der Waals surface area contributed by atoms with E-state index in [-0.39, 0.29) is 5.88 Å². The van der Waals surface area contributed by atoms with Crippen LogP contribution in [0.1, 0.15) is 0 Å². The monoisotopic (exact) mass is 326 g/mol. The summed E-state index contributed by atoms with van der Waals surface area (Å²) in [5.41, 5.74) is 7.07. The van der Waals surface area contributed by atoms with E-state index >= 15 is 0 Å². The summed E-state index contributed by atoms with van der Waals surface area (Å²) in [7, 11) is 1.57. The average molecular weight is 327 g/mol. The smallest absolute Gasteiger partial charge is 0.230 e. The van der Waals surface area contributed by atoms with Gasteiger partial charge in [0.2, 0.25) is 5.88 Å². The molecule has 2 N–H and O–H groups in total. The third-order valence-electron chi connectivity index (χ3n) is 2.81. The van der Waals surface area contributed by atoms with Crippen LogP contribution in [-0.2, 0) is 0 Å². The molecule has 0 aliphatic carbocycles. The summed E-state index contributed by atoms with van der Waals surface area (Å²) in [6, 6.07) is 1.81. The first-order valence-corrected chi connectivity index (χ1v) is 6.38. The predicted molar refractivity (Wildman–Crippen MR) is 71.6 cm³/mol. The van der Waals surface area contributed by atoms with Gasteiger partial charge in [-0.1, -0.05) is 5.16 Å². The molecular weight excluding hydrogens is 316 g/mol. The van der Waals surface area contributed by atoms with E-state index in [0.29, 0.717) is 41.6 Å². The summed E-state index contributed by atoms with van der Waals surface area (Å²) < 4.78 is 22.3. The van der Waals surface area contributed by atoms with Gasteiger partial charge in [-0.05, 0) is 15.9 Å². The topological polar surface area (TPSA) is 79.7 Å². The van der Waals surface area contributed by atoms with Gasteiger partial charge in [-0.3, -0.25) is 0 Å². The van der Waals surface area contributed by atoms with Crippen LogP contribution >= 0.6 is 15.9 Å². The molecule has 100 valence electrons. The summed E-state index contributed by atoms with van der Waals surface area (Å²) in [5.74, 6) is 2.02. The number of rotatable bonds is 2. The van der Waals surface area contributed by atoms with Gasteiger partial charge >= 0.3 is 0 Å². The van der Waals surface area contributed by atoms with Crippen LogP contribution in [0.3, 0.4) is 0 Å². The summed E-state index contributed by atoms with van der Waals surface area (Å²) in [4.78, 5) is 0. The highest BCUT2D eigenvalue weighted by Crippen LogP contribution is 2.50. The van der Waals surface area contributed by atoms with Gasteiger partial charge < -0.3 is 24.5 Å². The van der Waals surface area contributed by atoms with E-state index in [1.54, 1.807) is 13.2 Å². The van der Waals surface area contributed by atoms with Crippen LogP contribution in [0.4, 0.5) is 5.88 Å². The molecule has 0 bridgehead atoms. The molecule has 0 fully saturated rings. The van der Waals surface area contributed by atoms with Crippen molar-refractivity contribution in [2.45, 2.75) is 0 Å². The Morgan fingerprint density at radius 3 is 2.84 bits per heavy atom. The second-order valence-electron chi connectivity index (χ2n) is 3.89. The van der Waals surface area contributed by atoms with E-state index in [9.17, 15) is 0 Å². The number of hydrogen-bond donors (Lipinski definition) is 1. The van der Waals surface area contributed by atoms with Crippen LogP contribution in [0.25, 0.3) is 11.1 Å². The lowest BCUT2D eigenvalue weighted by Gasteiger charge is -2.23. The average Bonchev–Trinajstić information content (AvgIpc) is 2.83. The first kappa shape index (κ1) is 12.2. The van der Waals surface area contributed by atoms with Crippen molar-refractivity contribution in [2.24, 2.45) is 0 Å². The Hall–Kier alpha value is -1.89. The quantitative estimate of drug-likeness (QED) is 0.913. The second-order valence-corrected chi connectivity index (χ2v) is 4.75. The van der Waals surface area contributed by atoms with Crippen LogP contribution in [0.2, 0.25) is 0 Å². The SMILES string of the molecule is COc1c(Br)cc2c(c1-c1cnoc1N)OCCO2. The summed E-state index contributed by atoms with van der Waals surface area (Å²) in [5, 5.41) is 3.68.